The third-order valence-electron chi connectivity index (χ3n) is 5.71. The Hall–Kier alpha value is -3.06. The fourth-order valence-electron chi connectivity index (χ4n) is 4.14. The molecule has 3 aromatic rings. The Balaban J connectivity index is 1.37. The summed E-state index contributed by atoms with van der Waals surface area (Å²) < 4.78 is 44.9. The molecule has 2 aliphatic heterocycles. The monoisotopic (exact) mass is 427 g/mol. The molecular formula is C22H19F2N3O4. The maximum Gasteiger partial charge on any atom is 0.193 e. The van der Waals surface area contributed by atoms with E-state index in [1.165, 1.54) is 18.2 Å². The molecule has 7 nitrogen and oxygen atoms in total. The van der Waals surface area contributed by atoms with E-state index in [4.69, 9.17) is 14.2 Å². The summed E-state index contributed by atoms with van der Waals surface area (Å²) in [4.78, 5) is 7.59. The van der Waals surface area contributed by atoms with Crippen LogP contribution in [0.1, 0.15) is 16.8 Å². The molecule has 2 saturated heterocycles. The maximum atomic E-state index is 13.9. The molecule has 0 aliphatic carbocycles. The molecule has 4 heterocycles. The molecule has 0 amide bonds. The van der Waals surface area contributed by atoms with Crippen LogP contribution in [-0.2, 0) is 22.3 Å². The molecular weight excluding hydrogens is 408 g/mol. The van der Waals surface area contributed by atoms with E-state index in [1.54, 1.807) is 12.1 Å². The molecule has 2 aromatic heterocycles. The van der Waals surface area contributed by atoms with Crippen molar-refractivity contribution in [2.75, 3.05) is 13.2 Å². The number of hydrogen-bond acceptors (Lipinski definition) is 6. The molecule has 2 aliphatic rings. The zero-order valence-corrected chi connectivity index (χ0v) is 16.3. The third-order valence-corrected chi connectivity index (χ3v) is 5.71. The molecule has 2 N–H and O–H groups in total. The van der Waals surface area contributed by atoms with Crippen LogP contribution in [0.25, 0.3) is 11.0 Å². The Kier molecular flexibility index (Phi) is 5.06. The van der Waals surface area contributed by atoms with E-state index in [2.05, 4.69) is 16.0 Å². The first-order chi connectivity index (χ1) is 15.0. The first-order valence-corrected chi connectivity index (χ1v) is 9.97. The van der Waals surface area contributed by atoms with Crippen molar-refractivity contribution in [1.82, 2.24) is 9.97 Å². The van der Waals surface area contributed by atoms with Gasteiger partial charge in [-0.05, 0) is 31.0 Å². The number of aliphatic hydroxyl groups is 1. The smallest absolute Gasteiger partial charge is 0.193 e. The Bertz CT molecular complexity index is 1160. The lowest BCUT2D eigenvalue weighted by Crippen LogP contribution is -2.34. The van der Waals surface area contributed by atoms with Gasteiger partial charge in [0.05, 0.1) is 35.5 Å². The minimum Gasteiger partial charge on any atom is -0.470 e. The summed E-state index contributed by atoms with van der Waals surface area (Å²) in [5, 5.41) is 19.4. The number of benzene rings is 1. The molecule has 5 rings (SSSR count). The highest BCUT2D eigenvalue weighted by Crippen LogP contribution is 2.31. The summed E-state index contributed by atoms with van der Waals surface area (Å²) in [6.45, 7) is 0.499. The van der Waals surface area contributed by atoms with Crippen molar-refractivity contribution < 1.29 is 28.1 Å². The molecule has 0 spiro atoms. The molecule has 0 bridgehead atoms. The highest BCUT2D eigenvalue weighted by Gasteiger charge is 2.48. The van der Waals surface area contributed by atoms with Gasteiger partial charge in [0.1, 0.15) is 36.0 Å². The molecule has 9 heteroatoms. The van der Waals surface area contributed by atoms with E-state index in [9.17, 15) is 19.1 Å². The number of aromatic amines is 1. The second-order valence-corrected chi connectivity index (χ2v) is 7.68. The summed E-state index contributed by atoms with van der Waals surface area (Å²) in [5.74, 6) is -0.801. The molecule has 4 atom stereocenters. The molecule has 1 aromatic carbocycles. The van der Waals surface area contributed by atoms with Crippen molar-refractivity contribution in [1.29, 1.82) is 5.26 Å². The van der Waals surface area contributed by atoms with E-state index in [0.29, 0.717) is 28.2 Å². The highest BCUT2D eigenvalue weighted by molar-refractivity contribution is 5.79. The normalized spacial score (nSPS) is 25.0. The van der Waals surface area contributed by atoms with Crippen LogP contribution in [0.5, 0.6) is 5.88 Å². The number of aryl methyl sites for hydroxylation is 1. The zero-order chi connectivity index (χ0) is 21.5. The maximum absolute atomic E-state index is 13.9. The van der Waals surface area contributed by atoms with E-state index >= 15 is 0 Å². The molecule has 0 unspecified atom stereocenters. The lowest BCUT2D eigenvalue weighted by atomic mass is 10.0. The van der Waals surface area contributed by atoms with Crippen molar-refractivity contribution in [2.45, 2.75) is 37.3 Å². The molecule has 0 saturated carbocycles. The van der Waals surface area contributed by atoms with Gasteiger partial charge in [-0.3, -0.25) is 0 Å². The largest absolute Gasteiger partial charge is 0.470 e. The highest BCUT2D eigenvalue weighted by atomic mass is 19.1. The van der Waals surface area contributed by atoms with Gasteiger partial charge in [-0.1, -0.05) is 6.07 Å². The number of halogens is 2. The van der Waals surface area contributed by atoms with Gasteiger partial charge in [-0.15, -0.1) is 0 Å². The Morgan fingerprint density at radius 1 is 1.16 bits per heavy atom. The lowest BCUT2D eigenvalue weighted by Gasteiger charge is -2.16. The van der Waals surface area contributed by atoms with E-state index in [1.807, 2.05) is 0 Å². The first-order valence-electron chi connectivity index (χ1n) is 9.97. The molecule has 2 fully saturated rings. The van der Waals surface area contributed by atoms with Crippen molar-refractivity contribution in [3.8, 4) is 11.9 Å². The van der Waals surface area contributed by atoms with Gasteiger partial charge in [0, 0.05) is 11.6 Å². The van der Waals surface area contributed by atoms with Crippen LogP contribution in [0.4, 0.5) is 8.78 Å². The van der Waals surface area contributed by atoms with E-state index in [0.717, 1.165) is 0 Å². The lowest BCUT2D eigenvalue weighted by molar-refractivity contribution is 0.00794. The standard InChI is InChI=1S/C22H19F2N3O4/c23-13-2-1-3-14(24)12(13)4-5-15-11(8-25)6-16-17(26-15)7-20(27-16)31-19-10-30-21-18(28)9-29-22(19)21/h1-3,6-7,18-19,21-22,27-28H,4-5,9-10H2/t18-,19-,21-,22-/m1/s1. The van der Waals surface area contributed by atoms with Crippen LogP contribution in [0, 0.1) is 23.0 Å². The number of rotatable bonds is 5. The number of pyridine rings is 1. The molecule has 160 valence electrons. The van der Waals surface area contributed by atoms with Crippen LogP contribution in [-0.4, -0.2) is 52.7 Å². The fraction of sp³-hybridized carbons (Fsp3) is 0.364. The van der Waals surface area contributed by atoms with Crippen molar-refractivity contribution in [2.24, 2.45) is 0 Å². The quantitative estimate of drug-likeness (QED) is 0.649. The molecule has 31 heavy (non-hydrogen) atoms. The summed E-state index contributed by atoms with van der Waals surface area (Å²) in [7, 11) is 0. The number of aliphatic hydroxyl groups excluding tert-OH is 1. The first kappa shape index (κ1) is 19.9. The Morgan fingerprint density at radius 3 is 2.71 bits per heavy atom. The number of hydrogen-bond donors (Lipinski definition) is 2. The fourth-order valence-corrected chi connectivity index (χ4v) is 4.14. The second-order valence-electron chi connectivity index (χ2n) is 7.68. The number of aromatic nitrogens is 2. The van der Waals surface area contributed by atoms with Crippen molar-refractivity contribution >= 4 is 11.0 Å². The van der Waals surface area contributed by atoms with Crippen molar-refractivity contribution in [3.05, 3.63) is 58.8 Å². The SMILES string of the molecule is N#Cc1cc2[nH]c(O[C@@H]3CO[C@H]4[C@@H]3OC[C@H]4O)cc2nc1CCc1c(F)cccc1F. The predicted octanol–water partition coefficient (Wildman–Crippen LogP) is 2.40. The zero-order valence-electron chi connectivity index (χ0n) is 16.3. The Morgan fingerprint density at radius 2 is 1.94 bits per heavy atom. The number of nitrogens with zero attached hydrogens (tertiary/aromatic N) is 2. The van der Waals surface area contributed by atoms with Gasteiger partial charge >= 0.3 is 0 Å². The van der Waals surface area contributed by atoms with E-state index < -0.39 is 23.8 Å². The topological polar surface area (TPSA) is 100 Å². The van der Waals surface area contributed by atoms with Gasteiger partial charge in [0.2, 0.25) is 0 Å². The average molecular weight is 427 g/mol. The second kappa shape index (κ2) is 7.89. The predicted molar refractivity (Wildman–Crippen MR) is 104 cm³/mol. The number of nitrogens with one attached hydrogen (secondary N) is 1. The minimum atomic E-state index is -0.664. The van der Waals surface area contributed by atoms with Gasteiger partial charge < -0.3 is 24.3 Å². The summed E-state index contributed by atoms with van der Waals surface area (Å²) in [6.07, 6.45) is -1.50. The number of ether oxygens (including phenoxy) is 3. The Labute approximate surface area is 176 Å². The van der Waals surface area contributed by atoms with Gasteiger partial charge in [0.15, 0.2) is 12.0 Å². The number of H-pyrrole nitrogens is 1. The van der Waals surface area contributed by atoms with Crippen LogP contribution < -0.4 is 4.74 Å². The van der Waals surface area contributed by atoms with Crippen LogP contribution in [0.3, 0.4) is 0 Å². The van der Waals surface area contributed by atoms with Gasteiger partial charge in [0.25, 0.3) is 0 Å². The third kappa shape index (κ3) is 3.63. The molecule has 0 radical (unpaired) electrons. The van der Waals surface area contributed by atoms with E-state index in [-0.39, 0.29) is 43.8 Å². The van der Waals surface area contributed by atoms with Crippen LogP contribution >= 0.6 is 0 Å². The summed E-state index contributed by atoms with van der Waals surface area (Å²) >= 11 is 0. The average Bonchev–Trinajstić information content (AvgIpc) is 3.43. The summed E-state index contributed by atoms with van der Waals surface area (Å²) in [6, 6.07) is 9.17. The van der Waals surface area contributed by atoms with Gasteiger partial charge in [-0.2, -0.15) is 5.26 Å². The van der Waals surface area contributed by atoms with Gasteiger partial charge in [-0.25, -0.2) is 13.8 Å². The summed E-state index contributed by atoms with van der Waals surface area (Å²) in [5.41, 5.74) is 1.93. The van der Waals surface area contributed by atoms with Crippen LogP contribution in [0.15, 0.2) is 30.3 Å². The van der Waals surface area contributed by atoms with Crippen LogP contribution in [0.2, 0.25) is 0 Å². The number of fused-ring (bicyclic) bond motifs is 2. The number of nitriles is 1. The van der Waals surface area contributed by atoms with Crippen molar-refractivity contribution in [3.63, 3.8) is 0 Å². The minimum absolute atomic E-state index is 0.0269.